The molecule has 0 heterocycles. The van der Waals surface area contributed by atoms with Crippen molar-refractivity contribution in [3.63, 3.8) is 0 Å². The van der Waals surface area contributed by atoms with E-state index in [1.807, 2.05) is 30.3 Å². The van der Waals surface area contributed by atoms with Crippen LogP contribution in [0.2, 0.25) is 0 Å². The predicted octanol–water partition coefficient (Wildman–Crippen LogP) is 3.60. The molecule has 2 aromatic rings. The number of nitrogens with one attached hydrogen (secondary N) is 1. The molecule has 2 heteroatoms. The normalized spacial score (nSPS) is 11.8. The molecule has 0 aliphatic carbocycles. The molecule has 1 N–H and O–H groups in total. The van der Waals surface area contributed by atoms with Gasteiger partial charge in [-0.25, -0.2) is 0 Å². The number of benzene rings is 2. The van der Waals surface area contributed by atoms with Gasteiger partial charge in [0.05, 0.1) is 6.07 Å². The molecule has 0 amide bonds. The molecule has 0 spiro atoms. The lowest BCUT2D eigenvalue weighted by Gasteiger charge is -2.12. The Balaban J connectivity index is 2.02. The number of hydrogen-bond acceptors (Lipinski definition) is 2. The maximum Gasteiger partial charge on any atom is 0.121 e. The van der Waals surface area contributed by atoms with Crippen LogP contribution in [0.5, 0.6) is 0 Å². The van der Waals surface area contributed by atoms with E-state index in [1.165, 1.54) is 11.1 Å². The molecule has 0 aromatic heterocycles. The Morgan fingerprint density at radius 1 is 1.00 bits per heavy atom. The molecule has 1 atom stereocenters. The van der Waals surface area contributed by atoms with Crippen LogP contribution in [0.1, 0.15) is 29.7 Å². The van der Waals surface area contributed by atoms with Crippen LogP contribution in [0.3, 0.4) is 0 Å². The highest BCUT2D eigenvalue weighted by Crippen LogP contribution is 2.14. The minimum absolute atomic E-state index is 0.258. The first-order chi connectivity index (χ1) is 9.33. The van der Waals surface area contributed by atoms with Crippen LogP contribution in [0.4, 0.5) is 0 Å². The predicted molar refractivity (Wildman–Crippen MR) is 77.5 cm³/mol. The summed E-state index contributed by atoms with van der Waals surface area (Å²) in [4.78, 5) is 0. The van der Waals surface area contributed by atoms with Crippen LogP contribution in [-0.4, -0.2) is 0 Å². The van der Waals surface area contributed by atoms with E-state index >= 15 is 0 Å². The van der Waals surface area contributed by atoms with Crippen molar-refractivity contribution in [3.8, 4) is 6.07 Å². The van der Waals surface area contributed by atoms with E-state index in [0.717, 1.165) is 12.0 Å². The van der Waals surface area contributed by atoms with Gasteiger partial charge in [-0.2, -0.15) is 5.26 Å². The molecule has 0 aliphatic rings. The minimum atomic E-state index is -0.258. The van der Waals surface area contributed by atoms with Gasteiger partial charge in [-0.05, 0) is 23.1 Å². The lowest BCUT2D eigenvalue weighted by Crippen LogP contribution is -2.19. The summed E-state index contributed by atoms with van der Waals surface area (Å²) in [7, 11) is 0. The summed E-state index contributed by atoms with van der Waals surface area (Å²) < 4.78 is 0. The van der Waals surface area contributed by atoms with Crippen LogP contribution in [0.25, 0.3) is 0 Å². The zero-order valence-corrected chi connectivity index (χ0v) is 11.1. The summed E-state index contributed by atoms with van der Waals surface area (Å²) in [6.07, 6.45) is 1.02. The molecule has 2 rings (SSSR count). The molecular formula is C17H18N2. The van der Waals surface area contributed by atoms with Crippen molar-refractivity contribution in [3.05, 3.63) is 71.3 Å². The van der Waals surface area contributed by atoms with Gasteiger partial charge in [0.1, 0.15) is 6.04 Å². The van der Waals surface area contributed by atoms with E-state index in [0.29, 0.717) is 6.54 Å². The van der Waals surface area contributed by atoms with Crippen LogP contribution < -0.4 is 5.32 Å². The maximum atomic E-state index is 9.27. The molecular weight excluding hydrogens is 232 g/mol. The molecule has 0 radical (unpaired) electrons. The lowest BCUT2D eigenvalue weighted by molar-refractivity contribution is 0.630. The molecule has 1 unspecified atom stereocenters. The quantitative estimate of drug-likeness (QED) is 0.880. The van der Waals surface area contributed by atoms with Gasteiger partial charge in [-0.1, -0.05) is 61.5 Å². The molecule has 96 valence electrons. The summed E-state index contributed by atoms with van der Waals surface area (Å²) in [5.74, 6) is 0. The molecule has 0 bridgehead atoms. The van der Waals surface area contributed by atoms with Gasteiger partial charge >= 0.3 is 0 Å². The Kier molecular flexibility index (Phi) is 4.72. The lowest BCUT2D eigenvalue weighted by atomic mass is 10.0. The van der Waals surface area contributed by atoms with E-state index in [9.17, 15) is 5.26 Å². The van der Waals surface area contributed by atoms with Gasteiger partial charge in [0.25, 0.3) is 0 Å². The average molecular weight is 250 g/mol. The number of hydrogen-bond donors (Lipinski definition) is 1. The first-order valence-electron chi connectivity index (χ1n) is 6.59. The molecule has 19 heavy (non-hydrogen) atoms. The zero-order valence-electron chi connectivity index (χ0n) is 11.1. The summed E-state index contributed by atoms with van der Waals surface area (Å²) >= 11 is 0. The largest absolute Gasteiger partial charge is 0.294 e. The Labute approximate surface area is 114 Å². The van der Waals surface area contributed by atoms with Gasteiger partial charge in [0.15, 0.2) is 0 Å². The van der Waals surface area contributed by atoms with Crippen LogP contribution >= 0.6 is 0 Å². The minimum Gasteiger partial charge on any atom is -0.294 e. The van der Waals surface area contributed by atoms with Gasteiger partial charge in [0, 0.05) is 6.54 Å². The van der Waals surface area contributed by atoms with Crippen molar-refractivity contribution in [2.24, 2.45) is 0 Å². The molecule has 0 aliphatic heterocycles. The highest BCUT2D eigenvalue weighted by Gasteiger charge is 2.09. The fraction of sp³-hybridized carbons (Fsp3) is 0.235. The van der Waals surface area contributed by atoms with Crippen molar-refractivity contribution >= 4 is 0 Å². The Morgan fingerprint density at radius 2 is 1.68 bits per heavy atom. The Morgan fingerprint density at radius 3 is 2.26 bits per heavy atom. The first-order valence-corrected chi connectivity index (χ1v) is 6.59. The first kappa shape index (κ1) is 13.3. The standard InChI is InChI=1S/C17H18N2/c1-2-14-8-10-16(11-9-14)17(12-18)19-13-15-6-4-3-5-7-15/h3-11,17,19H,2,13H2,1H3. The van der Waals surface area contributed by atoms with Gasteiger partial charge < -0.3 is 0 Å². The molecule has 2 nitrogen and oxygen atoms in total. The fourth-order valence-corrected chi connectivity index (χ4v) is 2.00. The highest BCUT2D eigenvalue weighted by atomic mass is 14.9. The third-order valence-electron chi connectivity index (χ3n) is 3.20. The maximum absolute atomic E-state index is 9.27. The highest BCUT2D eigenvalue weighted by molar-refractivity contribution is 5.28. The third kappa shape index (κ3) is 3.67. The van der Waals surface area contributed by atoms with E-state index in [-0.39, 0.29) is 6.04 Å². The van der Waals surface area contributed by atoms with Gasteiger partial charge in [-0.3, -0.25) is 5.32 Å². The number of nitrogens with zero attached hydrogens (tertiary/aromatic N) is 1. The topological polar surface area (TPSA) is 35.8 Å². The second-order valence-corrected chi connectivity index (χ2v) is 4.52. The van der Waals surface area contributed by atoms with Crippen LogP contribution in [0.15, 0.2) is 54.6 Å². The number of aryl methyl sites for hydroxylation is 1. The zero-order chi connectivity index (χ0) is 13.5. The van der Waals surface area contributed by atoms with Crippen molar-refractivity contribution in [1.82, 2.24) is 5.32 Å². The average Bonchev–Trinajstić information content (AvgIpc) is 2.49. The number of rotatable bonds is 5. The summed E-state index contributed by atoms with van der Waals surface area (Å²) in [6.45, 7) is 2.83. The van der Waals surface area contributed by atoms with Crippen molar-refractivity contribution in [2.45, 2.75) is 25.9 Å². The van der Waals surface area contributed by atoms with Crippen molar-refractivity contribution < 1.29 is 0 Å². The SMILES string of the molecule is CCc1ccc(C(C#N)NCc2ccccc2)cc1. The second kappa shape index (κ2) is 6.72. The summed E-state index contributed by atoms with van der Waals surface area (Å²) in [5.41, 5.74) is 3.51. The summed E-state index contributed by atoms with van der Waals surface area (Å²) in [6, 6.07) is 20.4. The summed E-state index contributed by atoms with van der Waals surface area (Å²) in [5, 5.41) is 12.5. The Bertz CT molecular complexity index is 538. The van der Waals surface area contributed by atoms with E-state index in [2.05, 4.69) is 42.6 Å². The molecule has 0 saturated heterocycles. The van der Waals surface area contributed by atoms with Crippen LogP contribution in [0, 0.1) is 11.3 Å². The fourth-order valence-electron chi connectivity index (χ4n) is 2.00. The van der Waals surface area contributed by atoms with E-state index < -0.39 is 0 Å². The van der Waals surface area contributed by atoms with Crippen LogP contribution in [-0.2, 0) is 13.0 Å². The van der Waals surface area contributed by atoms with Gasteiger partial charge in [-0.15, -0.1) is 0 Å². The van der Waals surface area contributed by atoms with E-state index in [1.54, 1.807) is 0 Å². The molecule has 2 aromatic carbocycles. The van der Waals surface area contributed by atoms with Crippen molar-refractivity contribution in [1.29, 1.82) is 5.26 Å². The molecule has 0 saturated carbocycles. The number of nitriles is 1. The second-order valence-electron chi connectivity index (χ2n) is 4.52. The van der Waals surface area contributed by atoms with Crippen molar-refractivity contribution in [2.75, 3.05) is 0 Å². The monoisotopic (exact) mass is 250 g/mol. The van der Waals surface area contributed by atoms with Gasteiger partial charge in [0.2, 0.25) is 0 Å². The molecule has 0 fully saturated rings. The third-order valence-corrected chi connectivity index (χ3v) is 3.20. The van der Waals surface area contributed by atoms with E-state index in [4.69, 9.17) is 0 Å². The Hall–Kier alpha value is -2.11. The smallest absolute Gasteiger partial charge is 0.121 e.